The minimum absolute atomic E-state index is 0.0603. The molecule has 0 aliphatic carbocycles. The summed E-state index contributed by atoms with van der Waals surface area (Å²) in [4.78, 5) is 15.3. The van der Waals surface area contributed by atoms with Crippen LogP contribution in [0, 0.1) is 0 Å². The Hall–Kier alpha value is -1.88. The first-order chi connectivity index (χ1) is 7.16. The van der Waals surface area contributed by atoms with E-state index in [1.165, 1.54) is 0 Å². The molecular weight excluding hydrogens is 218 g/mol. The van der Waals surface area contributed by atoms with Gasteiger partial charge in [0.2, 0.25) is 11.6 Å². The lowest BCUT2D eigenvalue weighted by Crippen LogP contribution is -2.03. The monoisotopic (exact) mass is 223 g/mol. The molecule has 0 aliphatic heterocycles. The van der Waals surface area contributed by atoms with Crippen molar-refractivity contribution in [1.82, 2.24) is 10.1 Å². The van der Waals surface area contributed by atoms with Gasteiger partial charge < -0.3 is 10.3 Å². The average Bonchev–Trinajstić information content (AvgIpc) is 2.65. The number of nitrogens with two attached hydrogens (primary N) is 1. The van der Waals surface area contributed by atoms with E-state index in [4.69, 9.17) is 17.3 Å². The Kier molecular flexibility index (Phi) is 2.39. The lowest BCUT2D eigenvalue weighted by Gasteiger charge is -1.95. The number of nitrogens with zero attached hydrogens (tertiary/aromatic N) is 2. The van der Waals surface area contributed by atoms with Crippen molar-refractivity contribution in [3.8, 4) is 0 Å². The molecule has 0 spiro atoms. The van der Waals surface area contributed by atoms with Gasteiger partial charge in [0, 0.05) is 10.6 Å². The molecule has 0 saturated heterocycles. The number of hydrogen-bond donors (Lipinski definition) is 1. The summed E-state index contributed by atoms with van der Waals surface area (Å²) in [5.74, 6) is -0.415. The first-order valence-corrected chi connectivity index (χ1v) is 4.44. The molecule has 0 fully saturated rings. The van der Waals surface area contributed by atoms with Gasteiger partial charge in [0.1, 0.15) is 0 Å². The topological polar surface area (TPSA) is 82.0 Å². The highest BCUT2D eigenvalue weighted by Crippen LogP contribution is 2.12. The zero-order chi connectivity index (χ0) is 10.8. The highest BCUT2D eigenvalue weighted by Gasteiger charge is 2.15. The Labute approximate surface area is 89.8 Å². The number of carbonyl (C=O) groups excluding carboxylic acids is 1. The van der Waals surface area contributed by atoms with Crippen LogP contribution in [0.1, 0.15) is 16.2 Å². The maximum absolute atomic E-state index is 11.7. The largest absolute Gasteiger partial charge is 0.351 e. The predicted octanol–water partition coefficient (Wildman–Crippen LogP) is 1.54. The van der Waals surface area contributed by atoms with Gasteiger partial charge in [-0.1, -0.05) is 16.8 Å². The third-order valence-corrected chi connectivity index (χ3v) is 2.00. The molecule has 76 valence electrons. The first kappa shape index (κ1) is 9.67. The molecule has 2 rings (SSSR count). The summed E-state index contributed by atoms with van der Waals surface area (Å²) in [5, 5.41) is 3.98. The summed E-state index contributed by atoms with van der Waals surface area (Å²) in [6.45, 7) is 0. The second-order valence-corrected chi connectivity index (χ2v) is 3.23. The van der Waals surface area contributed by atoms with Gasteiger partial charge in [0.15, 0.2) is 0 Å². The fourth-order valence-electron chi connectivity index (χ4n) is 1.06. The minimum Gasteiger partial charge on any atom is -0.351 e. The van der Waals surface area contributed by atoms with Crippen LogP contribution < -0.4 is 5.73 Å². The van der Waals surface area contributed by atoms with Crippen molar-refractivity contribution < 1.29 is 9.32 Å². The molecular formula is C9H6ClN3O2. The molecule has 0 amide bonds. The van der Waals surface area contributed by atoms with E-state index in [0.717, 1.165) is 0 Å². The van der Waals surface area contributed by atoms with Gasteiger partial charge in [-0.15, -0.1) is 0 Å². The minimum atomic E-state index is -0.355. The van der Waals surface area contributed by atoms with Gasteiger partial charge in [-0.05, 0) is 24.3 Å². The molecule has 1 heterocycles. The molecule has 2 N–H and O–H groups in total. The Bertz CT molecular complexity index is 492. The number of rotatable bonds is 2. The van der Waals surface area contributed by atoms with Crippen LogP contribution in [0.2, 0.25) is 5.02 Å². The summed E-state index contributed by atoms with van der Waals surface area (Å²) in [5.41, 5.74) is 5.64. The molecule has 1 aromatic heterocycles. The van der Waals surface area contributed by atoms with E-state index in [2.05, 4.69) is 14.7 Å². The number of ketones is 1. The normalized spacial score (nSPS) is 10.2. The molecule has 6 heteroatoms. The fourth-order valence-corrected chi connectivity index (χ4v) is 1.18. The summed E-state index contributed by atoms with van der Waals surface area (Å²) >= 11 is 5.69. The van der Waals surface area contributed by atoms with Crippen LogP contribution >= 0.6 is 11.6 Å². The Morgan fingerprint density at radius 1 is 1.33 bits per heavy atom. The highest BCUT2D eigenvalue weighted by atomic mass is 35.5. The van der Waals surface area contributed by atoms with Crippen LogP contribution in [-0.2, 0) is 0 Å². The van der Waals surface area contributed by atoms with Crippen molar-refractivity contribution >= 4 is 23.4 Å². The molecule has 0 unspecified atom stereocenters. The van der Waals surface area contributed by atoms with Crippen LogP contribution in [0.3, 0.4) is 0 Å². The van der Waals surface area contributed by atoms with E-state index in [1.54, 1.807) is 24.3 Å². The van der Waals surface area contributed by atoms with E-state index in [-0.39, 0.29) is 17.6 Å². The molecule has 2 aromatic rings. The zero-order valence-electron chi connectivity index (χ0n) is 7.48. The summed E-state index contributed by atoms with van der Waals surface area (Å²) in [6, 6.07) is 6.25. The van der Waals surface area contributed by atoms with Crippen molar-refractivity contribution in [2.45, 2.75) is 0 Å². The molecule has 15 heavy (non-hydrogen) atoms. The number of nitrogen functional groups attached to an aromatic ring is 1. The Balaban J connectivity index is 2.32. The number of hydrogen-bond acceptors (Lipinski definition) is 5. The summed E-state index contributed by atoms with van der Waals surface area (Å²) < 4.78 is 4.50. The third-order valence-electron chi connectivity index (χ3n) is 1.75. The molecule has 1 aromatic carbocycles. The maximum atomic E-state index is 11.7. The van der Waals surface area contributed by atoms with Crippen molar-refractivity contribution in [1.29, 1.82) is 0 Å². The average molecular weight is 224 g/mol. The smallest absolute Gasteiger partial charge is 0.319 e. The van der Waals surface area contributed by atoms with Crippen LogP contribution in [-0.4, -0.2) is 15.9 Å². The number of aromatic nitrogens is 2. The van der Waals surface area contributed by atoms with Crippen LogP contribution in [0.4, 0.5) is 6.01 Å². The van der Waals surface area contributed by atoms with Crippen molar-refractivity contribution in [2.75, 3.05) is 5.73 Å². The van der Waals surface area contributed by atoms with Gasteiger partial charge in [-0.3, -0.25) is 4.79 Å². The van der Waals surface area contributed by atoms with Crippen LogP contribution in [0.5, 0.6) is 0 Å². The van der Waals surface area contributed by atoms with E-state index < -0.39 is 0 Å². The zero-order valence-corrected chi connectivity index (χ0v) is 8.23. The summed E-state index contributed by atoms with van der Waals surface area (Å²) in [6.07, 6.45) is 0. The highest BCUT2D eigenvalue weighted by molar-refractivity contribution is 6.30. The van der Waals surface area contributed by atoms with Crippen LogP contribution in [0.25, 0.3) is 0 Å². The summed E-state index contributed by atoms with van der Waals surface area (Å²) in [7, 11) is 0. The molecule has 0 bridgehead atoms. The molecule has 0 saturated carbocycles. The predicted molar refractivity (Wildman–Crippen MR) is 53.6 cm³/mol. The second kappa shape index (κ2) is 3.70. The van der Waals surface area contributed by atoms with Crippen molar-refractivity contribution in [3.63, 3.8) is 0 Å². The number of halogens is 1. The first-order valence-electron chi connectivity index (χ1n) is 4.06. The van der Waals surface area contributed by atoms with Gasteiger partial charge in [-0.25, -0.2) is 0 Å². The van der Waals surface area contributed by atoms with Crippen LogP contribution in [0.15, 0.2) is 28.8 Å². The van der Waals surface area contributed by atoms with E-state index in [0.29, 0.717) is 10.6 Å². The van der Waals surface area contributed by atoms with Crippen molar-refractivity contribution in [2.24, 2.45) is 0 Å². The standard InChI is InChI=1S/C9H6ClN3O2/c10-6-3-1-5(2-4-6)7(14)8-12-9(11)15-13-8/h1-4H,(H2,11,12,13). The van der Waals surface area contributed by atoms with Gasteiger partial charge in [-0.2, -0.15) is 4.98 Å². The maximum Gasteiger partial charge on any atom is 0.319 e. The van der Waals surface area contributed by atoms with Gasteiger partial charge in [0.25, 0.3) is 0 Å². The Morgan fingerprint density at radius 3 is 2.53 bits per heavy atom. The second-order valence-electron chi connectivity index (χ2n) is 2.79. The molecule has 0 radical (unpaired) electrons. The van der Waals surface area contributed by atoms with E-state index in [1.807, 2.05) is 0 Å². The van der Waals surface area contributed by atoms with E-state index in [9.17, 15) is 4.79 Å². The number of anilines is 1. The third kappa shape index (κ3) is 1.97. The fraction of sp³-hybridized carbons (Fsp3) is 0. The van der Waals surface area contributed by atoms with Gasteiger partial charge >= 0.3 is 6.01 Å². The molecule has 0 atom stereocenters. The lowest BCUT2D eigenvalue weighted by atomic mass is 10.1. The lowest BCUT2D eigenvalue weighted by molar-refractivity contribution is 0.102. The van der Waals surface area contributed by atoms with E-state index >= 15 is 0 Å². The molecule has 0 aliphatic rings. The quantitative estimate of drug-likeness (QED) is 0.781. The number of benzene rings is 1. The SMILES string of the molecule is Nc1nc(C(=O)c2ccc(Cl)cc2)no1. The van der Waals surface area contributed by atoms with Crippen molar-refractivity contribution in [3.05, 3.63) is 40.7 Å². The van der Waals surface area contributed by atoms with Gasteiger partial charge in [0.05, 0.1) is 0 Å². The molecule has 5 nitrogen and oxygen atoms in total. The Morgan fingerprint density at radius 2 is 2.00 bits per heavy atom. The number of carbonyl (C=O) groups is 1.